The van der Waals surface area contributed by atoms with Gasteiger partial charge >= 0.3 is 59.6 Å². The van der Waals surface area contributed by atoms with Gasteiger partial charge in [-0.25, -0.2) is 0 Å². The molecule has 0 unspecified atom stereocenters. The topological polar surface area (TPSA) is 34.1 Å². The second-order valence-electron chi connectivity index (χ2n) is 0.378. The van der Waals surface area contributed by atoms with Crippen LogP contribution in [0, 0.1) is 0 Å². The van der Waals surface area contributed by atoms with E-state index in [2.05, 4.69) is 21.4 Å². The Morgan fingerprint density at radius 2 is 1.17 bits per heavy atom. The maximum atomic E-state index is 9.16. The van der Waals surface area contributed by atoms with E-state index in [1.165, 1.54) is 0 Å². The van der Waals surface area contributed by atoms with Gasteiger partial charge < -0.3 is 0 Å². The van der Waals surface area contributed by atoms with Crippen molar-refractivity contribution < 1.29 is 8.42 Å². The zero-order chi connectivity index (χ0) is 4.50. The molecule has 0 aromatic heterocycles. The molecule has 0 saturated heterocycles. The number of rotatable bonds is 0. The van der Waals surface area contributed by atoms with Crippen LogP contribution in [0.1, 0.15) is 0 Å². The van der Waals surface area contributed by atoms with Crippen LogP contribution < -0.4 is 0 Å². The number of halogens is 2. The van der Waals surface area contributed by atoms with Gasteiger partial charge in [-0.15, -0.1) is 0 Å². The molecule has 0 saturated carbocycles. The summed E-state index contributed by atoms with van der Waals surface area (Å²) in [5.41, 5.74) is 0. The molecule has 0 radical (unpaired) electrons. The Morgan fingerprint density at radius 3 is 1.17 bits per heavy atom. The summed E-state index contributed by atoms with van der Waals surface area (Å²) in [4.78, 5) is 0. The van der Waals surface area contributed by atoms with Gasteiger partial charge in [0.05, 0.1) is 0 Å². The molecule has 0 spiro atoms. The van der Waals surface area contributed by atoms with Crippen LogP contribution in [0.15, 0.2) is 0 Å². The van der Waals surface area contributed by atoms with Crippen LogP contribution in [0.3, 0.4) is 0 Å². The Bertz CT molecular complexity index is 94.7. The molecule has 0 aromatic carbocycles. The van der Waals surface area contributed by atoms with Crippen LogP contribution in [-0.2, 0) is 8.26 Å². The summed E-state index contributed by atoms with van der Waals surface area (Å²) < 4.78 is 18.3. The van der Waals surface area contributed by atoms with Gasteiger partial charge in [0, 0.05) is 21.4 Å². The molecule has 2 nitrogen and oxygen atoms in total. The first kappa shape index (κ1) is 11.0. The summed E-state index contributed by atoms with van der Waals surface area (Å²) in [5, 5.41) is 0. The summed E-state index contributed by atoms with van der Waals surface area (Å²) in [6.45, 7) is 0. The van der Waals surface area contributed by atoms with Crippen molar-refractivity contribution in [2.75, 3.05) is 0 Å². The van der Waals surface area contributed by atoms with Crippen LogP contribution in [0.4, 0.5) is 0 Å². The van der Waals surface area contributed by atoms with E-state index in [-0.39, 0.29) is 51.4 Å². The van der Waals surface area contributed by atoms with Crippen molar-refractivity contribution in [1.82, 2.24) is 0 Å². The minimum atomic E-state index is -3.72. The third-order valence-corrected chi connectivity index (χ3v) is 0. The molecular weight excluding hydrogens is 174 g/mol. The van der Waals surface area contributed by atoms with Gasteiger partial charge in [0.2, 0.25) is 0 Å². The molecule has 0 aromatic rings. The molecule has 0 N–H and O–H groups in total. The van der Waals surface area contributed by atoms with Crippen molar-refractivity contribution in [2.24, 2.45) is 0 Å². The Morgan fingerprint density at radius 1 is 1.17 bits per heavy atom. The van der Waals surface area contributed by atoms with E-state index < -0.39 is 8.26 Å². The maximum absolute atomic E-state index is 9.16. The molecule has 0 aliphatic rings. The first-order valence-corrected chi connectivity index (χ1v) is 3.78. The van der Waals surface area contributed by atoms with Gasteiger partial charge in [0.15, 0.2) is 0 Å². The predicted octanol–water partition coefficient (Wildman–Crippen LogP) is 0.0603. The average Bonchev–Trinajstić information content (AvgIpc) is 0.722. The normalized spacial score (nSPS) is 9.67. The van der Waals surface area contributed by atoms with E-state index in [1.807, 2.05) is 0 Å². The fourth-order valence-corrected chi connectivity index (χ4v) is 0. The molecule has 0 rings (SSSR count). The van der Waals surface area contributed by atoms with Crippen LogP contribution in [-0.4, -0.2) is 59.8 Å². The third kappa shape index (κ3) is 35.1. The Balaban J connectivity index is 0. The zero-order valence-corrected chi connectivity index (χ0v) is 4.31. The molecular formula is HCl2KO2S. The quantitative estimate of drug-likeness (QED) is 0.385. The van der Waals surface area contributed by atoms with E-state index in [9.17, 15) is 0 Å². The molecule has 0 bridgehead atoms. The standard InChI is InChI=1S/Cl2O2S.K.H/c1-5(2,3)4;;. The summed E-state index contributed by atoms with van der Waals surface area (Å²) in [6, 6.07) is 0. The fraction of sp³-hybridized carbons (Fsp3) is 0. The van der Waals surface area contributed by atoms with E-state index in [4.69, 9.17) is 8.42 Å². The van der Waals surface area contributed by atoms with Gasteiger partial charge in [0.1, 0.15) is 0 Å². The minimum absolute atomic E-state index is 0. The van der Waals surface area contributed by atoms with Crippen molar-refractivity contribution in [3.05, 3.63) is 0 Å². The van der Waals surface area contributed by atoms with Gasteiger partial charge in [-0.05, 0) is 0 Å². The molecule has 34 valence electrons. The first-order chi connectivity index (χ1) is 2.00. The Kier molecular flexibility index (Phi) is 7.51. The predicted molar refractivity (Wildman–Crippen MR) is 27.8 cm³/mol. The average molecular weight is 175 g/mol. The molecule has 0 atom stereocenters. The summed E-state index contributed by atoms with van der Waals surface area (Å²) in [7, 11) is 4.81. The molecule has 6 heteroatoms. The van der Waals surface area contributed by atoms with Gasteiger partial charge in [-0.1, -0.05) is 0 Å². The van der Waals surface area contributed by atoms with Crippen molar-refractivity contribution in [3.8, 4) is 0 Å². The molecule has 0 heterocycles. The van der Waals surface area contributed by atoms with Crippen molar-refractivity contribution >= 4 is 81.0 Å². The summed E-state index contributed by atoms with van der Waals surface area (Å²) in [5.74, 6) is 0. The molecule has 0 amide bonds. The molecule has 0 aliphatic carbocycles. The van der Waals surface area contributed by atoms with E-state index in [1.54, 1.807) is 0 Å². The van der Waals surface area contributed by atoms with Crippen LogP contribution >= 0.6 is 21.4 Å². The fourth-order valence-electron chi connectivity index (χ4n) is 0. The summed E-state index contributed by atoms with van der Waals surface area (Å²) in [6.07, 6.45) is 0. The molecule has 0 aliphatic heterocycles. The van der Waals surface area contributed by atoms with E-state index >= 15 is 0 Å². The molecule has 6 heavy (non-hydrogen) atoms. The summed E-state index contributed by atoms with van der Waals surface area (Å²) >= 11 is 0. The van der Waals surface area contributed by atoms with Crippen LogP contribution in [0.25, 0.3) is 0 Å². The number of hydrogen-bond donors (Lipinski definition) is 0. The Labute approximate surface area is 87.5 Å². The van der Waals surface area contributed by atoms with E-state index in [0.717, 1.165) is 0 Å². The number of hydrogen-bond acceptors (Lipinski definition) is 2. The second kappa shape index (κ2) is 4.09. The second-order valence-corrected chi connectivity index (χ2v) is 4.05. The first-order valence-electron chi connectivity index (χ1n) is 0.642. The molecule has 0 fully saturated rings. The van der Waals surface area contributed by atoms with E-state index in [0.29, 0.717) is 0 Å². The Hall–Kier alpha value is 2.17. The van der Waals surface area contributed by atoms with Crippen molar-refractivity contribution in [3.63, 3.8) is 0 Å². The zero-order valence-electron chi connectivity index (χ0n) is 1.98. The third-order valence-electron chi connectivity index (χ3n) is 0. The van der Waals surface area contributed by atoms with Crippen LogP contribution in [0.2, 0.25) is 0 Å². The van der Waals surface area contributed by atoms with Crippen molar-refractivity contribution in [2.45, 2.75) is 0 Å². The SMILES string of the molecule is O=S(=O)(Cl)Cl.[KH]. The van der Waals surface area contributed by atoms with Crippen LogP contribution in [0.5, 0.6) is 0 Å². The van der Waals surface area contributed by atoms with Gasteiger partial charge in [0.25, 0.3) is 0 Å². The van der Waals surface area contributed by atoms with Crippen molar-refractivity contribution in [1.29, 1.82) is 0 Å². The van der Waals surface area contributed by atoms with Gasteiger partial charge in [-0.3, -0.25) is 0 Å². The monoisotopic (exact) mass is 174 g/mol. The van der Waals surface area contributed by atoms with Gasteiger partial charge in [-0.2, -0.15) is 8.42 Å².